The first-order valence-electron chi connectivity index (χ1n) is 10.2. The normalized spacial score (nSPS) is 21.6. The molecule has 1 aromatic heterocycles. The van der Waals surface area contributed by atoms with Crippen molar-refractivity contribution in [2.45, 2.75) is 50.2 Å². The molecule has 0 aliphatic heterocycles. The van der Waals surface area contributed by atoms with E-state index in [1.165, 1.54) is 47.7 Å². The number of aromatic amines is 1. The second-order valence-corrected chi connectivity index (χ2v) is 8.30. The molecule has 1 heterocycles. The van der Waals surface area contributed by atoms with E-state index in [4.69, 9.17) is 0 Å². The van der Waals surface area contributed by atoms with Crippen molar-refractivity contribution >= 4 is 35.7 Å². The number of aromatic nitrogens is 1. The minimum Gasteiger partial charge on any atom is -0.361 e. The maximum Gasteiger partial charge on any atom is 0.0457 e. The highest BCUT2D eigenvalue weighted by atomic mass is 35.5. The lowest BCUT2D eigenvalue weighted by Crippen LogP contribution is -2.51. The Morgan fingerprint density at radius 2 is 1.62 bits per heavy atom. The summed E-state index contributed by atoms with van der Waals surface area (Å²) in [7, 11) is 4.51. The summed E-state index contributed by atoms with van der Waals surface area (Å²) < 4.78 is 0. The summed E-state index contributed by atoms with van der Waals surface area (Å²) in [5.41, 5.74) is 4.35. The molecule has 158 valence electrons. The van der Waals surface area contributed by atoms with Crippen LogP contribution in [-0.2, 0) is 13.0 Å². The average Bonchev–Trinajstić information content (AvgIpc) is 3.11. The Morgan fingerprint density at radius 1 is 0.966 bits per heavy atom. The number of fused-ring (bicyclic) bond motifs is 1. The predicted molar refractivity (Wildman–Crippen MR) is 128 cm³/mol. The summed E-state index contributed by atoms with van der Waals surface area (Å²) in [5, 5.41) is 5.16. The fourth-order valence-corrected chi connectivity index (χ4v) is 4.65. The van der Waals surface area contributed by atoms with Crippen LogP contribution in [0.3, 0.4) is 0 Å². The molecule has 0 unspecified atom stereocenters. The zero-order chi connectivity index (χ0) is 18.7. The number of hydrogen-bond acceptors (Lipinski definition) is 2. The summed E-state index contributed by atoms with van der Waals surface area (Å²) in [6.45, 7) is 0.947. The van der Waals surface area contributed by atoms with Gasteiger partial charge in [-0.25, -0.2) is 0 Å². The van der Waals surface area contributed by atoms with Gasteiger partial charge in [-0.1, -0.05) is 48.5 Å². The number of likely N-dealkylation sites (N-methyl/N-ethyl adjacent to an activating group) is 1. The first kappa shape index (κ1) is 23.8. The van der Waals surface area contributed by atoms with Gasteiger partial charge in [-0.3, -0.25) is 0 Å². The summed E-state index contributed by atoms with van der Waals surface area (Å²) in [5.74, 6) is 0. The van der Waals surface area contributed by atoms with E-state index in [-0.39, 0.29) is 24.8 Å². The molecule has 0 spiro atoms. The molecule has 1 aliphatic rings. The van der Waals surface area contributed by atoms with Crippen LogP contribution in [0.2, 0.25) is 0 Å². The Balaban J connectivity index is 0.00000150. The van der Waals surface area contributed by atoms with Crippen LogP contribution in [0.15, 0.2) is 60.8 Å². The van der Waals surface area contributed by atoms with Gasteiger partial charge in [-0.2, -0.15) is 0 Å². The van der Waals surface area contributed by atoms with E-state index in [0.29, 0.717) is 11.6 Å². The molecule has 0 bridgehead atoms. The molecule has 0 saturated heterocycles. The van der Waals surface area contributed by atoms with Gasteiger partial charge >= 0.3 is 0 Å². The van der Waals surface area contributed by atoms with Crippen LogP contribution >= 0.6 is 24.8 Å². The van der Waals surface area contributed by atoms with Gasteiger partial charge in [0.1, 0.15) is 0 Å². The Morgan fingerprint density at radius 3 is 2.31 bits per heavy atom. The van der Waals surface area contributed by atoms with Crippen LogP contribution < -0.4 is 5.32 Å². The maximum absolute atomic E-state index is 3.82. The van der Waals surface area contributed by atoms with Gasteiger partial charge in [-0.15, -0.1) is 24.8 Å². The van der Waals surface area contributed by atoms with Crippen molar-refractivity contribution in [2.24, 2.45) is 0 Å². The standard InChI is InChI=1S/C24H31N3.2ClH/c1-27(2)24(16-19-8-4-3-5-9-19)14-12-21(13-15-24)25-17-20-18-26-23-11-7-6-10-22(20)23;;/h3-11,18,21,25-26H,12-17H2,1-2H3;2*1H. The summed E-state index contributed by atoms with van der Waals surface area (Å²) in [4.78, 5) is 5.85. The number of nitrogens with one attached hydrogen (secondary N) is 2. The highest BCUT2D eigenvalue weighted by molar-refractivity contribution is 5.85. The maximum atomic E-state index is 3.82. The van der Waals surface area contributed by atoms with Crippen LogP contribution in [-0.4, -0.2) is 35.6 Å². The molecule has 29 heavy (non-hydrogen) atoms. The smallest absolute Gasteiger partial charge is 0.0457 e. The lowest BCUT2D eigenvalue weighted by Gasteiger charge is -2.45. The molecular formula is C24H33Cl2N3. The van der Waals surface area contributed by atoms with Gasteiger partial charge in [0, 0.05) is 35.2 Å². The van der Waals surface area contributed by atoms with Crippen LogP contribution in [0.1, 0.15) is 36.8 Å². The number of nitrogens with zero attached hydrogens (tertiary/aromatic N) is 1. The third-order valence-electron chi connectivity index (χ3n) is 6.50. The highest BCUT2D eigenvalue weighted by Gasteiger charge is 2.37. The second-order valence-electron chi connectivity index (χ2n) is 8.30. The van der Waals surface area contributed by atoms with Crippen LogP contribution in [0.4, 0.5) is 0 Å². The quantitative estimate of drug-likeness (QED) is 0.530. The fraction of sp³-hybridized carbons (Fsp3) is 0.417. The van der Waals surface area contributed by atoms with Crippen molar-refractivity contribution in [3.63, 3.8) is 0 Å². The summed E-state index contributed by atoms with van der Waals surface area (Å²) >= 11 is 0. The van der Waals surface area contributed by atoms with Crippen molar-refractivity contribution < 1.29 is 0 Å². The number of benzene rings is 2. The lowest BCUT2D eigenvalue weighted by molar-refractivity contribution is 0.0871. The molecule has 2 aromatic carbocycles. The van der Waals surface area contributed by atoms with E-state index >= 15 is 0 Å². The number of halogens is 2. The molecule has 5 heteroatoms. The Kier molecular flexibility index (Phi) is 8.59. The first-order chi connectivity index (χ1) is 13.2. The first-order valence-corrected chi connectivity index (χ1v) is 10.2. The molecule has 4 rings (SSSR count). The lowest BCUT2D eigenvalue weighted by atomic mass is 9.75. The van der Waals surface area contributed by atoms with Gasteiger partial charge < -0.3 is 15.2 Å². The van der Waals surface area contributed by atoms with Crippen molar-refractivity contribution in [3.8, 4) is 0 Å². The van der Waals surface area contributed by atoms with Gasteiger partial charge in [0.25, 0.3) is 0 Å². The highest BCUT2D eigenvalue weighted by Crippen LogP contribution is 2.35. The molecule has 3 nitrogen and oxygen atoms in total. The largest absolute Gasteiger partial charge is 0.361 e. The topological polar surface area (TPSA) is 31.1 Å². The SMILES string of the molecule is CN(C)C1(Cc2ccccc2)CCC(NCc2c[nH]c3ccccc23)CC1.Cl.Cl. The average molecular weight is 434 g/mol. The zero-order valence-electron chi connectivity index (χ0n) is 17.4. The summed E-state index contributed by atoms with van der Waals surface area (Å²) in [6.07, 6.45) is 8.29. The minimum atomic E-state index is 0. The van der Waals surface area contributed by atoms with Crippen molar-refractivity contribution in [1.82, 2.24) is 15.2 Å². The molecule has 0 atom stereocenters. The van der Waals surface area contributed by atoms with E-state index in [1.807, 2.05) is 0 Å². The van der Waals surface area contributed by atoms with Gasteiger partial charge in [0.2, 0.25) is 0 Å². The van der Waals surface area contributed by atoms with E-state index in [2.05, 4.69) is 90.1 Å². The molecule has 2 N–H and O–H groups in total. The molecule has 3 aromatic rings. The molecular weight excluding hydrogens is 401 g/mol. The third kappa shape index (κ3) is 5.35. The van der Waals surface area contributed by atoms with Crippen molar-refractivity contribution in [3.05, 3.63) is 71.9 Å². The number of hydrogen-bond donors (Lipinski definition) is 2. The number of H-pyrrole nitrogens is 1. The Labute approximate surface area is 187 Å². The van der Waals surface area contributed by atoms with E-state index in [9.17, 15) is 0 Å². The predicted octanol–water partition coefficient (Wildman–Crippen LogP) is 5.59. The Hall–Kier alpha value is -1.52. The zero-order valence-corrected chi connectivity index (χ0v) is 19.0. The fourth-order valence-electron chi connectivity index (χ4n) is 4.65. The molecule has 1 saturated carbocycles. The summed E-state index contributed by atoms with van der Waals surface area (Å²) in [6, 6.07) is 20.1. The van der Waals surface area contributed by atoms with Gasteiger partial charge in [-0.05, 0) is 63.4 Å². The minimum absolute atomic E-state index is 0. The van der Waals surface area contributed by atoms with E-state index in [0.717, 1.165) is 13.0 Å². The number of para-hydroxylation sites is 1. The second kappa shape index (κ2) is 10.5. The van der Waals surface area contributed by atoms with Crippen LogP contribution in [0.5, 0.6) is 0 Å². The third-order valence-corrected chi connectivity index (χ3v) is 6.50. The van der Waals surface area contributed by atoms with Gasteiger partial charge in [0.05, 0.1) is 0 Å². The Bertz CT molecular complexity index is 868. The van der Waals surface area contributed by atoms with Crippen LogP contribution in [0.25, 0.3) is 10.9 Å². The molecule has 0 amide bonds. The molecule has 1 aliphatic carbocycles. The van der Waals surface area contributed by atoms with Crippen molar-refractivity contribution in [1.29, 1.82) is 0 Å². The van der Waals surface area contributed by atoms with Gasteiger partial charge in [0.15, 0.2) is 0 Å². The monoisotopic (exact) mass is 433 g/mol. The molecule has 0 radical (unpaired) electrons. The van der Waals surface area contributed by atoms with Crippen molar-refractivity contribution in [2.75, 3.05) is 14.1 Å². The number of rotatable bonds is 6. The van der Waals surface area contributed by atoms with Crippen LogP contribution in [0, 0.1) is 0 Å². The molecule has 1 fully saturated rings. The van der Waals surface area contributed by atoms with E-state index in [1.54, 1.807) is 0 Å². The van der Waals surface area contributed by atoms with E-state index < -0.39 is 0 Å².